The molecule has 2 rings (SSSR count). The molecule has 5 heteroatoms. The normalized spacial score (nSPS) is 10.9. The molecule has 0 aliphatic carbocycles. The molecule has 0 aliphatic heterocycles. The molecule has 23 heavy (non-hydrogen) atoms. The van der Waals surface area contributed by atoms with E-state index in [1.54, 1.807) is 6.08 Å². The van der Waals surface area contributed by atoms with Crippen molar-refractivity contribution in [3.63, 3.8) is 0 Å². The van der Waals surface area contributed by atoms with Gasteiger partial charge in [-0.3, -0.25) is 10.1 Å². The maximum absolute atomic E-state index is 13.5. The molecule has 120 valence electrons. The van der Waals surface area contributed by atoms with Crippen LogP contribution < -0.4 is 5.32 Å². The Morgan fingerprint density at radius 1 is 1.13 bits per heavy atom. The molecule has 0 aromatic heterocycles. The van der Waals surface area contributed by atoms with E-state index >= 15 is 0 Å². The Hall–Kier alpha value is -2.69. The third kappa shape index (κ3) is 4.92. The zero-order valence-electron chi connectivity index (χ0n) is 13.0. The van der Waals surface area contributed by atoms with E-state index in [2.05, 4.69) is 12.2 Å². The molecular weight excluding hydrogens is 295 g/mol. The van der Waals surface area contributed by atoms with Crippen LogP contribution in [-0.2, 0) is 0 Å². The van der Waals surface area contributed by atoms with Gasteiger partial charge in [0.25, 0.3) is 0 Å². The van der Waals surface area contributed by atoms with Crippen molar-refractivity contribution in [1.82, 2.24) is 0 Å². The average molecular weight is 314 g/mol. The Morgan fingerprint density at radius 2 is 1.78 bits per heavy atom. The fourth-order valence-corrected chi connectivity index (χ4v) is 2.09. The first-order valence-corrected chi connectivity index (χ1v) is 7.56. The lowest BCUT2D eigenvalue weighted by atomic mass is 10.1. The van der Waals surface area contributed by atoms with Gasteiger partial charge in [-0.15, -0.1) is 0 Å². The number of benzene rings is 2. The Morgan fingerprint density at radius 3 is 2.39 bits per heavy atom. The molecule has 0 atom stereocenters. The minimum absolute atomic E-state index is 0.510. The van der Waals surface area contributed by atoms with Gasteiger partial charge in [-0.2, -0.15) is 4.39 Å². The zero-order chi connectivity index (χ0) is 16.7. The maximum Gasteiger partial charge on any atom is 0.304 e. The molecule has 0 radical (unpaired) electrons. The van der Waals surface area contributed by atoms with Gasteiger partial charge in [0.2, 0.25) is 5.82 Å². The predicted octanol–water partition coefficient (Wildman–Crippen LogP) is 5.12. The molecule has 0 unspecified atom stereocenters. The Labute approximate surface area is 134 Å². The van der Waals surface area contributed by atoms with E-state index in [0.29, 0.717) is 5.56 Å². The van der Waals surface area contributed by atoms with Gasteiger partial charge in [-0.1, -0.05) is 37.6 Å². The first kappa shape index (κ1) is 16.7. The van der Waals surface area contributed by atoms with Crippen LogP contribution in [0.4, 0.5) is 15.8 Å². The minimum Gasteiger partial charge on any atom is -0.385 e. The highest BCUT2D eigenvalue weighted by molar-refractivity contribution is 5.71. The summed E-state index contributed by atoms with van der Waals surface area (Å²) in [5, 5.41) is 13.9. The summed E-state index contributed by atoms with van der Waals surface area (Å²) in [5.74, 6) is -0.826. The van der Waals surface area contributed by atoms with E-state index in [0.717, 1.165) is 36.7 Å². The largest absolute Gasteiger partial charge is 0.385 e. The molecule has 0 heterocycles. The van der Waals surface area contributed by atoms with Gasteiger partial charge in [-0.25, -0.2) is 0 Å². The summed E-state index contributed by atoms with van der Waals surface area (Å²) in [6.45, 7) is 3.10. The van der Waals surface area contributed by atoms with Crippen LogP contribution in [0.2, 0.25) is 0 Å². The second-order valence-corrected chi connectivity index (χ2v) is 5.20. The lowest BCUT2D eigenvalue weighted by Crippen LogP contribution is -2.00. The monoisotopic (exact) mass is 314 g/mol. The second kappa shape index (κ2) is 8.08. The van der Waals surface area contributed by atoms with Gasteiger partial charge in [0.05, 0.1) is 4.92 Å². The van der Waals surface area contributed by atoms with E-state index in [9.17, 15) is 14.5 Å². The van der Waals surface area contributed by atoms with Gasteiger partial charge < -0.3 is 5.32 Å². The third-order valence-electron chi connectivity index (χ3n) is 3.41. The highest BCUT2D eigenvalue weighted by Gasteiger charge is 2.12. The second-order valence-electron chi connectivity index (χ2n) is 5.20. The molecule has 0 fully saturated rings. The van der Waals surface area contributed by atoms with Gasteiger partial charge in [0, 0.05) is 18.3 Å². The molecule has 1 N–H and O–H groups in total. The molecule has 0 aliphatic rings. The van der Waals surface area contributed by atoms with Crippen LogP contribution in [0.1, 0.15) is 30.9 Å². The van der Waals surface area contributed by atoms with E-state index in [-0.39, 0.29) is 0 Å². The predicted molar refractivity (Wildman–Crippen MR) is 91.8 cm³/mol. The molecule has 0 amide bonds. The van der Waals surface area contributed by atoms with Crippen molar-refractivity contribution >= 4 is 23.5 Å². The van der Waals surface area contributed by atoms with Crippen molar-refractivity contribution in [2.75, 3.05) is 11.9 Å². The summed E-state index contributed by atoms with van der Waals surface area (Å²) < 4.78 is 13.5. The van der Waals surface area contributed by atoms with Crippen molar-refractivity contribution in [3.05, 3.63) is 69.5 Å². The standard InChI is InChI=1S/C18H19FN2O2/c1-2-3-12-20-16-9-6-14(7-10-16)4-5-15-8-11-18(21(22)23)17(19)13-15/h4-11,13,20H,2-3,12H2,1H3. The van der Waals surface area contributed by atoms with Crippen molar-refractivity contribution in [2.45, 2.75) is 19.8 Å². The van der Waals surface area contributed by atoms with E-state index in [4.69, 9.17) is 0 Å². The van der Waals surface area contributed by atoms with Crippen LogP contribution in [-0.4, -0.2) is 11.5 Å². The summed E-state index contributed by atoms with van der Waals surface area (Å²) >= 11 is 0. The average Bonchev–Trinajstić information content (AvgIpc) is 2.54. The number of anilines is 1. The molecule has 0 saturated heterocycles. The molecule has 2 aromatic rings. The first-order chi connectivity index (χ1) is 11.1. The Bertz CT molecular complexity index is 697. The fourth-order valence-electron chi connectivity index (χ4n) is 2.09. The van der Waals surface area contributed by atoms with Crippen molar-refractivity contribution < 1.29 is 9.31 Å². The van der Waals surface area contributed by atoms with Gasteiger partial charge in [-0.05, 0) is 41.8 Å². The highest BCUT2D eigenvalue weighted by Crippen LogP contribution is 2.19. The molecule has 4 nitrogen and oxygen atoms in total. The summed E-state index contributed by atoms with van der Waals surface area (Å²) in [6.07, 6.45) is 5.86. The number of hydrogen-bond donors (Lipinski definition) is 1. The zero-order valence-corrected chi connectivity index (χ0v) is 13.0. The SMILES string of the molecule is CCCCNc1ccc(C=Cc2ccc([N+](=O)[O-])c(F)c2)cc1. The number of nitrogens with zero attached hydrogens (tertiary/aromatic N) is 1. The van der Waals surface area contributed by atoms with Crippen LogP contribution in [0.3, 0.4) is 0 Å². The minimum atomic E-state index is -0.826. The summed E-state index contributed by atoms with van der Waals surface area (Å²) in [5.41, 5.74) is 2.12. The van der Waals surface area contributed by atoms with Crippen LogP contribution in [0.25, 0.3) is 12.2 Å². The fraction of sp³-hybridized carbons (Fsp3) is 0.222. The lowest BCUT2D eigenvalue weighted by molar-refractivity contribution is -0.387. The maximum atomic E-state index is 13.5. The highest BCUT2D eigenvalue weighted by atomic mass is 19.1. The molecule has 0 bridgehead atoms. The number of halogens is 1. The third-order valence-corrected chi connectivity index (χ3v) is 3.41. The van der Waals surface area contributed by atoms with Crippen LogP contribution >= 0.6 is 0 Å². The smallest absolute Gasteiger partial charge is 0.304 e. The summed E-state index contributed by atoms with van der Waals surface area (Å²) in [4.78, 5) is 9.85. The van der Waals surface area contributed by atoms with E-state index < -0.39 is 16.4 Å². The van der Waals surface area contributed by atoms with E-state index in [1.807, 2.05) is 30.3 Å². The van der Waals surface area contributed by atoms with Gasteiger partial charge >= 0.3 is 5.69 Å². The molecule has 2 aromatic carbocycles. The number of nitrogens with one attached hydrogen (secondary N) is 1. The number of nitro groups is 1. The topological polar surface area (TPSA) is 55.2 Å². The van der Waals surface area contributed by atoms with Crippen molar-refractivity contribution in [1.29, 1.82) is 0 Å². The van der Waals surface area contributed by atoms with E-state index in [1.165, 1.54) is 12.1 Å². The number of unbranched alkanes of at least 4 members (excludes halogenated alkanes) is 1. The number of hydrogen-bond acceptors (Lipinski definition) is 3. The summed E-state index contributed by atoms with van der Waals surface area (Å²) in [6, 6.07) is 11.8. The summed E-state index contributed by atoms with van der Waals surface area (Å²) in [7, 11) is 0. The molecule has 0 saturated carbocycles. The van der Waals surface area contributed by atoms with Crippen molar-refractivity contribution in [2.24, 2.45) is 0 Å². The van der Waals surface area contributed by atoms with Crippen LogP contribution in [0.5, 0.6) is 0 Å². The van der Waals surface area contributed by atoms with Gasteiger partial charge in [0.1, 0.15) is 0 Å². The number of rotatable bonds is 7. The first-order valence-electron chi connectivity index (χ1n) is 7.56. The van der Waals surface area contributed by atoms with Crippen LogP contribution in [0.15, 0.2) is 42.5 Å². The van der Waals surface area contributed by atoms with Gasteiger partial charge in [0.15, 0.2) is 0 Å². The Balaban J connectivity index is 2.02. The lowest BCUT2D eigenvalue weighted by Gasteiger charge is -2.05. The number of nitro benzene ring substituents is 1. The molecule has 0 spiro atoms. The van der Waals surface area contributed by atoms with Crippen LogP contribution in [0, 0.1) is 15.9 Å². The Kier molecular flexibility index (Phi) is 5.86. The molecular formula is C18H19FN2O2. The van der Waals surface area contributed by atoms with Crippen molar-refractivity contribution in [3.8, 4) is 0 Å². The quantitative estimate of drug-likeness (QED) is 0.334.